The summed E-state index contributed by atoms with van der Waals surface area (Å²) < 4.78 is 21.2. The SMILES string of the molecule is CCCC[C@H](c1ccccc1)[C@H](C)OC(=O)C(C)NC(=O)c1nccc(OC)c1OCOC(C)=O. The number of rotatable bonds is 13. The molecule has 0 spiro atoms. The van der Waals surface area contributed by atoms with E-state index in [9.17, 15) is 14.4 Å². The summed E-state index contributed by atoms with van der Waals surface area (Å²) in [4.78, 5) is 40.8. The summed E-state index contributed by atoms with van der Waals surface area (Å²) in [5.41, 5.74) is 0.988. The maximum absolute atomic E-state index is 12.9. The van der Waals surface area contributed by atoms with Crippen molar-refractivity contribution in [3.63, 3.8) is 0 Å². The summed E-state index contributed by atoms with van der Waals surface area (Å²) in [5, 5.41) is 2.59. The Hall–Kier alpha value is -3.62. The summed E-state index contributed by atoms with van der Waals surface area (Å²) in [5.74, 6) is -1.51. The molecule has 9 heteroatoms. The Morgan fingerprint density at radius 1 is 1.09 bits per heavy atom. The van der Waals surface area contributed by atoms with Crippen LogP contribution in [0.3, 0.4) is 0 Å². The molecule has 2 rings (SSSR count). The van der Waals surface area contributed by atoms with E-state index in [-0.39, 0.29) is 29.2 Å². The summed E-state index contributed by atoms with van der Waals surface area (Å²) in [6.45, 7) is 6.33. The number of pyridine rings is 1. The van der Waals surface area contributed by atoms with E-state index in [1.54, 1.807) is 0 Å². The molecule has 1 N–H and O–H groups in total. The molecule has 2 aromatic rings. The minimum Gasteiger partial charge on any atom is -0.493 e. The van der Waals surface area contributed by atoms with Crippen molar-refractivity contribution >= 4 is 17.8 Å². The van der Waals surface area contributed by atoms with Gasteiger partial charge in [-0.15, -0.1) is 0 Å². The average molecular weight is 487 g/mol. The largest absolute Gasteiger partial charge is 0.493 e. The first-order valence-electron chi connectivity index (χ1n) is 11.6. The Balaban J connectivity index is 2.08. The van der Waals surface area contributed by atoms with Crippen LogP contribution in [0.15, 0.2) is 42.6 Å². The van der Waals surface area contributed by atoms with Gasteiger partial charge in [0.05, 0.1) is 7.11 Å². The first-order valence-corrected chi connectivity index (χ1v) is 11.6. The van der Waals surface area contributed by atoms with Gasteiger partial charge in [-0.2, -0.15) is 0 Å². The molecule has 0 aliphatic heterocycles. The maximum atomic E-state index is 12.9. The number of nitrogens with zero attached hydrogens (tertiary/aromatic N) is 1. The highest BCUT2D eigenvalue weighted by Crippen LogP contribution is 2.30. The van der Waals surface area contributed by atoms with E-state index in [1.807, 2.05) is 37.3 Å². The minimum absolute atomic E-state index is 0.00797. The summed E-state index contributed by atoms with van der Waals surface area (Å²) in [6.07, 6.45) is 3.91. The first-order chi connectivity index (χ1) is 16.8. The van der Waals surface area contributed by atoms with Crippen molar-refractivity contribution in [2.75, 3.05) is 13.9 Å². The number of amides is 1. The number of carbonyl (C=O) groups excluding carboxylic acids is 3. The highest BCUT2D eigenvalue weighted by atomic mass is 16.7. The molecule has 9 nitrogen and oxygen atoms in total. The summed E-state index contributed by atoms with van der Waals surface area (Å²) in [6, 6.07) is 10.5. The summed E-state index contributed by atoms with van der Waals surface area (Å²) >= 11 is 0. The van der Waals surface area contributed by atoms with Crippen LogP contribution in [0.1, 0.15) is 68.9 Å². The van der Waals surface area contributed by atoms with Crippen LogP contribution in [0, 0.1) is 0 Å². The predicted octanol–water partition coefficient (Wildman–Crippen LogP) is 4.01. The number of methoxy groups -OCH3 is 1. The lowest BCUT2D eigenvalue weighted by atomic mass is 9.89. The van der Waals surface area contributed by atoms with E-state index in [1.165, 1.54) is 33.2 Å². The fourth-order valence-corrected chi connectivity index (χ4v) is 3.55. The van der Waals surface area contributed by atoms with Crippen molar-refractivity contribution in [3.05, 3.63) is 53.9 Å². The third kappa shape index (κ3) is 8.27. The van der Waals surface area contributed by atoms with Gasteiger partial charge in [0.1, 0.15) is 12.1 Å². The van der Waals surface area contributed by atoms with E-state index in [2.05, 4.69) is 17.2 Å². The third-order valence-electron chi connectivity index (χ3n) is 5.44. The Labute approximate surface area is 206 Å². The standard InChI is InChI=1S/C26H34N2O7/c1-6-7-13-21(20-11-9-8-10-12-20)18(3)35-26(31)17(2)28-25(30)23-24(34-16-33-19(4)29)22(32-5)14-15-27-23/h8-12,14-15,17-18,21H,6-7,13,16H2,1-5H3,(H,28,30)/t17?,18-,21-/m0/s1. The van der Waals surface area contributed by atoms with Crippen LogP contribution in [0.2, 0.25) is 0 Å². The fourth-order valence-electron chi connectivity index (χ4n) is 3.55. The monoisotopic (exact) mass is 486 g/mol. The lowest BCUT2D eigenvalue weighted by Crippen LogP contribution is -2.41. The van der Waals surface area contributed by atoms with E-state index >= 15 is 0 Å². The molecule has 1 unspecified atom stereocenters. The van der Waals surface area contributed by atoms with Crippen molar-refractivity contribution < 1.29 is 33.3 Å². The van der Waals surface area contributed by atoms with Gasteiger partial charge in [0.2, 0.25) is 6.79 Å². The number of hydrogen-bond acceptors (Lipinski definition) is 8. The van der Waals surface area contributed by atoms with E-state index < -0.39 is 30.7 Å². The normalized spacial score (nSPS) is 13.2. The molecule has 0 bridgehead atoms. The zero-order valence-corrected chi connectivity index (χ0v) is 20.9. The van der Waals surface area contributed by atoms with Gasteiger partial charge in [0.15, 0.2) is 17.2 Å². The molecule has 1 aromatic heterocycles. The number of hydrogen-bond donors (Lipinski definition) is 1. The molecule has 1 amide bonds. The van der Waals surface area contributed by atoms with Crippen LogP contribution in [-0.2, 0) is 19.1 Å². The molecule has 1 heterocycles. The van der Waals surface area contributed by atoms with E-state index in [0.29, 0.717) is 0 Å². The second-order valence-electron chi connectivity index (χ2n) is 8.09. The number of benzene rings is 1. The smallest absolute Gasteiger partial charge is 0.328 e. The molecule has 0 fully saturated rings. The molecule has 0 saturated carbocycles. The lowest BCUT2D eigenvalue weighted by Gasteiger charge is -2.26. The van der Waals surface area contributed by atoms with Crippen molar-refractivity contribution in [2.45, 2.75) is 65.0 Å². The van der Waals surface area contributed by atoms with Gasteiger partial charge in [-0.1, -0.05) is 50.1 Å². The van der Waals surface area contributed by atoms with Crippen LogP contribution >= 0.6 is 0 Å². The van der Waals surface area contributed by atoms with Crippen molar-refractivity contribution in [1.29, 1.82) is 0 Å². The molecule has 190 valence electrons. The Morgan fingerprint density at radius 2 is 1.80 bits per heavy atom. The Bertz CT molecular complexity index is 981. The zero-order chi connectivity index (χ0) is 25.8. The van der Waals surface area contributed by atoms with Gasteiger partial charge < -0.3 is 24.3 Å². The quantitative estimate of drug-likeness (QED) is 0.334. The first kappa shape index (κ1) is 27.6. The number of carbonyl (C=O) groups is 3. The fraction of sp³-hybridized carbons (Fsp3) is 0.462. The van der Waals surface area contributed by atoms with Crippen LogP contribution in [0.25, 0.3) is 0 Å². The molecule has 0 saturated heterocycles. The van der Waals surface area contributed by atoms with Crippen molar-refractivity contribution in [1.82, 2.24) is 10.3 Å². The number of nitrogens with one attached hydrogen (secondary N) is 1. The van der Waals surface area contributed by atoms with Crippen LogP contribution in [0.5, 0.6) is 11.5 Å². The second kappa shape index (κ2) is 13.9. The molecule has 35 heavy (non-hydrogen) atoms. The Morgan fingerprint density at radius 3 is 2.43 bits per heavy atom. The number of ether oxygens (including phenoxy) is 4. The molecule has 0 radical (unpaired) electrons. The Kier molecular flexibility index (Phi) is 11.0. The van der Waals surface area contributed by atoms with E-state index in [0.717, 1.165) is 24.8 Å². The predicted molar refractivity (Wildman–Crippen MR) is 129 cm³/mol. The van der Waals surface area contributed by atoms with Gasteiger partial charge in [-0.25, -0.2) is 9.78 Å². The highest BCUT2D eigenvalue weighted by molar-refractivity contribution is 5.98. The minimum atomic E-state index is -0.943. The highest BCUT2D eigenvalue weighted by Gasteiger charge is 2.27. The van der Waals surface area contributed by atoms with Gasteiger partial charge in [0, 0.05) is 25.1 Å². The molecule has 1 aromatic carbocycles. The van der Waals surface area contributed by atoms with Gasteiger partial charge in [-0.05, 0) is 25.8 Å². The molecular formula is C26H34N2O7. The van der Waals surface area contributed by atoms with Gasteiger partial charge in [-0.3, -0.25) is 9.59 Å². The third-order valence-corrected chi connectivity index (χ3v) is 5.44. The van der Waals surface area contributed by atoms with Crippen LogP contribution in [-0.4, -0.2) is 48.9 Å². The summed E-state index contributed by atoms with van der Waals surface area (Å²) in [7, 11) is 1.40. The topological polar surface area (TPSA) is 113 Å². The van der Waals surface area contributed by atoms with Crippen molar-refractivity contribution in [3.8, 4) is 11.5 Å². The number of aromatic nitrogens is 1. The maximum Gasteiger partial charge on any atom is 0.328 e. The number of esters is 2. The molecular weight excluding hydrogens is 452 g/mol. The van der Waals surface area contributed by atoms with Crippen molar-refractivity contribution in [2.24, 2.45) is 0 Å². The van der Waals surface area contributed by atoms with Crippen LogP contribution < -0.4 is 14.8 Å². The van der Waals surface area contributed by atoms with Gasteiger partial charge >= 0.3 is 11.9 Å². The van der Waals surface area contributed by atoms with Crippen LogP contribution in [0.4, 0.5) is 0 Å². The second-order valence-corrected chi connectivity index (χ2v) is 8.09. The zero-order valence-electron chi connectivity index (χ0n) is 20.9. The molecule has 0 aliphatic rings. The lowest BCUT2D eigenvalue weighted by molar-refractivity contribution is -0.151. The molecule has 3 atom stereocenters. The number of unbranched alkanes of at least 4 members (excludes halogenated alkanes) is 1. The average Bonchev–Trinajstić information content (AvgIpc) is 2.84. The molecule has 0 aliphatic carbocycles. The van der Waals surface area contributed by atoms with Gasteiger partial charge in [0.25, 0.3) is 5.91 Å². The van der Waals surface area contributed by atoms with E-state index in [4.69, 9.17) is 18.9 Å².